The van der Waals surface area contributed by atoms with Gasteiger partial charge in [-0.3, -0.25) is 0 Å². The second kappa shape index (κ2) is 7.55. The highest BCUT2D eigenvalue weighted by atomic mass is 16.6. The smallest absolute Gasteiger partial charge is 0.410 e. The van der Waals surface area contributed by atoms with Crippen molar-refractivity contribution in [3.63, 3.8) is 0 Å². The van der Waals surface area contributed by atoms with Crippen LogP contribution in [0.3, 0.4) is 0 Å². The molecule has 24 heavy (non-hydrogen) atoms. The van der Waals surface area contributed by atoms with E-state index in [0.717, 1.165) is 5.56 Å². The summed E-state index contributed by atoms with van der Waals surface area (Å²) in [6.07, 6.45) is -0.821. The third kappa shape index (κ3) is 5.44. The highest BCUT2D eigenvalue weighted by Gasteiger charge is 2.35. The molecule has 1 heterocycles. The lowest BCUT2D eigenvalue weighted by Crippen LogP contribution is -2.43. The molecule has 2 amide bonds. The molecule has 0 unspecified atom stereocenters. The zero-order valence-corrected chi connectivity index (χ0v) is 14.7. The van der Waals surface area contributed by atoms with Crippen molar-refractivity contribution in [2.24, 2.45) is 5.92 Å². The summed E-state index contributed by atoms with van der Waals surface area (Å²) in [6, 6.07) is 9.41. The first-order chi connectivity index (χ1) is 11.2. The summed E-state index contributed by atoms with van der Waals surface area (Å²) in [7, 11) is 0. The molecule has 1 saturated heterocycles. The molecule has 1 aromatic carbocycles. The number of nitrogens with zero attached hydrogens (tertiary/aromatic N) is 1. The number of hydrogen-bond acceptors (Lipinski definition) is 4. The summed E-state index contributed by atoms with van der Waals surface area (Å²) >= 11 is 0. The average Bonchev–Trinajstić information content (AvgIpc) is 2.85. The second-order valence-corrected chi connectivity index (χ2v) is 7.18. The van der Waals surface area contributed by atoms with Crippen LogP contribution in [0.2, 0.25) is 0 Å². The van der Waals surface area contributed by atoms with Gasteiger partial charge in [0.1, 0.15) is 12.2 Å². The van der Waals surface area contributed by atoms with Crippen LogP contribution >= 0.6 is 0 Å². The molecule has 6 heteroatoms. The lowest BCUT2D eigenvalue weighted by molar-refractivity contribution is 0.0495. The first-order valence-corrected chi connectivity index (χ1v) is 8.20. The zero-order chi connectivity index (χ0) is 17.7. The predicted octanol–water partition coefficient (Wildman–Crippen LogP) is 3.17. The number of amides is 2. The molecule has 2 atom stereocenters. The van der Waals surface area contributed by atoms with Crippen molar-refractivity contribution in [3.8, 4) is 0 Å². The van der Waals surface area contributed by atoms with Gasteiger partial charge in [0.25, 0.3) is 0 Å². The van der Waals surface area contributed by atoms with Gasteiger partial charge in [0.05, 0.1) is 6.04 Å². The molecule has 0 aliphatic carbocycles. The quantitative estimate of drug-likeness (QED) is 0.922. The third-order valence-corrected chi connectivity index (χ3v) is 3.78. The SMILES string of the molecule is C[C@@H]1CN(C(=O)OCc2ccccc2)C[C@@H]1NC(=O)OC(C)(C)C. The fraction of sp³-hybridized carbons (Fsp3) is 0.556. The lowest BCUT2D eigenvalue weighted by atomic mass is 10.1. The molecule has 0 bridgehead atoms. The van der Waals surface area contributed by atoms with Crippen molar-refractivity contribution in [2.45, 2.75) is 45.9 Å². The Morgan fingerprint density at radius 2 is 1.88 bits per heavy atom. The summed E-state index contributed by atoms with van der Waals surface area (Å²) in [5, 5.41) is 2.83. The number of benzene rings is 1. The van der Waals surface area contributed by atoms with E-state index >= 15 is 0 Å². The van der Waals surface area contributed by atoms with E-state index in [1.807, 2.05) is 58.0 Å². The Kier molecular flexibility index (Phi) is 5.70. The van der Waals surface area contributed by atoms with Crippen LogP contribution in [0.4, 0.5) is 9.59 Å². The Hall–Kier alpha value is -2.24. The highest BCUT2D eigenvalue weighted by molar-refractivity contribution is 5.70. The monoisotopic (exact) mass is 334 g/mol. The van der Waals surface area contributed by atoms with Crippen LogP contribution in [0.1, 0.15) is 33.3 Å². The van der Waals surface area contributed by atoms with Crippen LogP contribution in [0.5, 0.6) is 0 Å². The Balaban J connectivity index is 1.81. The molecule has 1 N–H and O–H groups in total. The molecule has 1 aliphatic rings. The number of carbonyl (C=O) groups excluding carboxylic acids is 2. The van der Waals surface area contributed by atoms with Gasteiger partial charge in [0.15, 0.2) is 0 Å². The van der Waals surface area contributed by atoms with Gasteiger partial charge < -0.3 is 19.7 Å². The summed E-state index contributed by atoms with van der Waals surface area (Å²) in [4.78, 5) is 25.7. The Bertz CT molecular complexity index is 568. The second-order valence-electron chi connectivity index (χ2n) is 7.18. The largest absolute Gasteiger partial charge is 0.445 e. The van der Waals surface area contributed by atoms with Crippen molar-refractivity contribution >= 4 is 12.2 Å². The van der Waals surface area contributed by atoms with Crippen molar-refractivity contribution in [2.75, 3.05) is 13.1 Å². The Morgan fingerprint density at radius 3 is 2.50 bits per heavy atom. The number of rotatable bonds is 3. The van der Waals surface area contributed by atoms with Gasteiger partial charge in [0, 0.05) is 13.1 Å². The topological polar surface area (TPSA) is 67.9 Å². The standard InChI is InChI=1S/C18H26N2O4/c1-13-10-20(11-15(13)19-16(21)24-18(2,3)4)17(22)23-12-14-8-6-5-7-9-14/h5-9,13,15H,10-12H2,1-4H3,(H,19,21)/t13-,15+/m1/s1. The number of likely N-dealkylation sites (tertiary alicyclic amines) is 1. The fourth-order valence-electron chi connectivity index (χ4n) is 2.57. The van der Waals surface area contributed by atoms with E-state index in [-0.39, 0.29) is 24.7 Å². The Morgan fingerprint density at radius 1 is 1.21 bits per heavy atom. The van der Waals surface area contributed by atoms with Gasteiger partial charge in [-0.05, 0) is 32.3 Å². The summed E-state index contributed by atoms with van der Waals surface area (Å²) in [5.41, 5.74) is 0.404. The van der Waals surface area contributed by atoms with Crippen molar-refractivity contribution in [1.82, 2.24) is 10.2 Å². The maximum Gasteiger partial charge on any atom is 0.410 e. The van der Waals surface area contributed by atoms with Gasteiger partial charge in [-0.2, -0.15) is 0 Å². The minimum Gasteiger partial charge on any atom is -0.445 e. The van der Waals surface area contributed by atoms with Crippen LogP contribution in [-0.2, 0) is 16.1 Å². The first-order valence-electron chi connectivity index (χ1n) is 8.20. The number of nitrogens with one attached hydrogen (secondary N) is 1. The van der Waals surface area contributed by atoms with Crippen LogP contribution in [0.25, 0.3) is 0 Å². The number of hydrogen-bond donors (Lipinski definition) is 1. The number of alkyl carbamates (subject to hydrolysis) is 1. The third-order valence-electron chi connectivity index (χ3n) is 3.78. The minimum atomic E-state index is -0.541. The molecular weight excluding hydrogens is 308 g/mol. The molecule has 1 fully saturated rings. The molecule has 132 valence electrons. The van der Waals surface area contributed by atoms with Crippen molar-refractivity contribution in [3.05, 3.63) is 35.9 Å². The number of carbonyl (C=O) groups is 2. The molecule has 0 radical (unpaired) electrons. The molecular formula is C18H26N2O4. The maximum atomic E-state index is 12.2. The molecule has 0 saturated carbocycles. The van der Waals surface area contributed by atoms with Gasteiger partial charge in [0.2, 0.25) is 0 Å². The van der Waals surface area contributed by atoms with Crippen molar-refractivity contribution < 1.29 is 19.1 Å². The molecule has 1 aliphatic heterocycles. The molecule has 0 spiro atoms. The zero-order valence-electron chi connectivity index (χ0n) is 14.7. The highest BCUT2D eigenvalue weighted by Crippen LogP contribution is 2.18. The van der Waals surface area contributed by atoms with E-state index in [2.05, 4.69) is 5.32 Å². The summed E-state index contributed by atoms with van der Waals surface area (Å²) in [5.74, 6) is 0.141. The van der Waals surface area contributed by atoms with E-state index in [1.165, 1.54) is 0 Å². The van der Waals surface area contributed by atoms with Gasteiger partial charge in [-0.25, -0.2) is 9.59 Å². The van der Waals surface area contributed by atoms with Crippen LogP contribution in [0.15, 0.2) is 30.3 Å². The van der Waals surface area contributed by atoms with E-state index in [9.17, 15) is 9.59 Å². The minimum absolute atomic E-state index is 0.135. The molecule has 6 nitrogen and oxygen atoms in total. The molecule has 0 aromatic heterocycles. The molecule has 2 rings (SSSR count). The van der Waals surface area contributed by atoms with E-state index < -0.39 is 11.7 Å². The van der Waals surface area contributed by atoms with Gasteiger partial charge in [-0.1, -0.05) is 37.3 Å². The average molecular weight is 334 g/mol. The summed E-state index contributed by atoms with van der Waals surface area (Å²) in [6.45, 7) is 8.66. The van der Waals surface area contributed by atoms with Crippen LogP contribution in [-0.4, -0.2) is 41.8 Å². The lowest BCUT2D eigenvalue weighted by Gasteiger charge is -2.23. The number of ether oxygens (including phenoxy) is 2. The maximum absolute atomic E-state index is 12.2. The predicted molar refractivity (Wildman–Crippen MR) is 90.5 cm³/mol. The Labute approximate surface area is 143 Å². The van der Waals surface area contributed by atoms with Gasteiger partial charge in [-0.15, -0.1) is 0 Å². The normalized spacial score (nSPS) is 20.6. The van der Waals surface area contributed by atoms with E-state index in [1.54, 1.807) is 4.90 Å². The van der Waals surface area contributed by atoms with Crippen LogP contribution < -0.4 is 5.32 Å². The summed E-state index contributed by atoms with van der Waals surface area (Å²) < 4.78 is 10.6. The fourth-order valence-corrected chi connectivity index (χ4v) is 2.57. The van der Waals surface area contributed by atoms with E-state index in [0.29, 0.717) is 13.1 Å². The molecule has 1 aromatic rings. The van der Waals surface area contributed by atoms with Crippen molar-refractivity contribution in [1.29, 1.82) is 0 Å². The van der Waals surface area contributed by atoms with Gasteiger partial charge >= 0.3 is 12.2 Å². The van der Waals surface area contributed by atoms with E-state index in [4.69, 9.17) is 9.47 Å². The first kappa shape index (κ1) is 18.1. The van der Waals surface area contributed by atoms with Crippen LogP contribution in [0, 0.1) is 5.92 Å².